The summed E-state index contributed by atoms with van der Waals surface area (Å²) in [5.41, 5.74) is -2.14. The van der Waals surface area contributed by atoms with Crippen LogP contribution in [0.3, 0.4) is 0 Å². The molecule has 1 amide bonds. The third kappa shape index (κ3) is 3.50. The molecule has 0 spiro atoms. The highest BCUT2D eigenvalue weighted by Crippen LogP contribution is 2.15. The van der Waals surface area contributed by atoms with E-state index in [0.29, 0.717) is 0 Å². The molecular weight excluding hydrogens is 324 g/mol. The summed E-state index contributed by atoms with van der Waals surface area (Å²) in [5, 5.41) is 27.1. The monoisotopic (exact) mass is 341 g/mol. The molecule has 0 aliphatic heterocycles. The van der Waals surface area contributed by atoms with Gasteiger partial charge in [-0.25, -0.2) is 4.68 Å². The van der Waals surface area contributed by atoms with Gasteiger partial charge in [-0.15, -0.1) is 0 Å². The molecule has 1 N–H and O–H groups in total. The molecule has 0 radical (unpaired) electrons. The van der Waals surface area contributed by atoms with Crippen molar-refractivity contribution in [1.82, 2.24) is 15.1 Å². The van der Waals surface area contributed by atoms with Gasteiger partial charge in [-0.05, 0) is 18.9 Å². The van der Waals surface area contributed by atoms with Crippen LogP contribution in [0.2, 0.25) is 0 Å². The average molecular weight is 341 g/mol. The van der Waals surface area contributed by atoms with Crippen LogP contribution >= 0.6 is 0 Å². The Labute approximate surface area is 143 Å². The van der Waals surface area contributed by atoms with Crippen molar-refractivity contribution in [3.8, 4) is 6.07 Å². The zero-order valence-electron chi connectivity index (χ0n) is 14.1. The maximum atomic E-state index is 12.4. The molecule has 2 aromatic rings. The molecule has 2 rings (SSSR count). The summed E-state index contributed by atoms with van der Waals surface area (Å²) in [4.78, 5) is 36.0. The summed E-state index contributed by atoms with van der Waals surface area (Å²) in [6.07, 6.45) is 0. The number of carbonyl (C=O) groups excluding carboxylic acids is 2. The summed E-state index contributed by atoms with van der Waals surface area (Å²) >= 11 is 0. The molecule has 0 aliphatic carbocycles. The van der Waals surface area contributed by atoms with Crippen LogP contribution < -0.4 is 16.0 Å². The Kier molecular flexibility index (Phi) is 4.88. The van der Waals surface area contributed by atoms with Crippen LogP contribution in [0.15, 0.2) is 29.1 Å². The van der Waals surface area contributed by atoms with Gasteiger partial charge in [-0.3, -0.25) is 9.59 Å². The number of carboxylic acid groups (broad SMARTS) is 1. The van der Waals surface area contributed by atoms with Crippen LogP contribution in [0.4, 0.5) is 0 Å². The SMILES string of the molecule is CC(C)[C@](C)(C#N)NC(=O)Cn1nc(C(=O)[O-])c2ccccc2c1=O. The van der Waals surface area contributed by atoms with Crippen LogP contribution in [0, 0.1) is 17.2 Å². The van der Waals surface area contributed by atoms with Crippen molar-refractivity contribution in [2.45, 2.75) is 32.9 Å². The van der Waals surface area contributed by atoms with E-state index in [1.807, 2.05) is 6.07 Å². The van der Waals surface area contributed by atoms with Crippen molar-refractivity contribution < 1.29 is 14.7 Å². The number of amides is 1. The maximum absolute atomic E-state index is 12.4. The number of fused-ring (bicyclic) bond motifs is 1. The van der Waals surface area contributed by atoms with E-state index in [2.05, 4.69) is 10.4 Å². The van der Waals surface area contributed by atoms with Gasteiger partial charge in [0, 0.05) is 5.39 Å². The van der Waals surface area contributed by atoms with E-state index in [9.17, 15) is 24.8 Å². The van der Waals surface area contributed by atoms with Gasteiger partial charge >= 0.3 is 0 Å². The third-order valence-electron chi connectivity index (χ3n) is 4.14. The molecule has 130 valence electrons. The number of benzene rings is 1. The van der Waals surface area contributed by atoms with Crippen LogP contribution in [-0.4, -0.2) is 27.2 Å². The normalized spacial score (nSPS) is 13.2. The van der Waals surface area contributed by atoms with Gasteiger partial charge in [0.1, 0.15) is 17.8 Å². The zero-order chi connectivity index (χ0) is 18.8. The smallest absolute Gasteiger partial charge is 0.275 e. The number of aromatic nitrogens is 2. The van der Waals surface area contributed by atoms with E-state index in [0.717, 1.165) is 4.68 Å². The molecule has 0 unspecified atom stereocenters. The summed E-state index contributed by atoms with van der Waals surface area (Å²) in [6.45, 7) is 4.61. The lowest BCUT2D eigenvalue weighted by atomic mass is 9.90. The summed E-state index contributed by atoms with van der Waals surface area (Å²) in [5.74, 6) is -2.33. The first-order chi connectivity index (χ1) is 11.7. The van der Waals surface area contributed by atoms with Crippen molar-refractivity contribution in [3.05, 3.63) is 40.3 Å². The number of hydrogen-bond acceptors (Lipinski definition) is 6. The Hall–Kier alpha value is -3.21. The van der Waals surface area contributed by atoms with Crippen LogP contribution in [0.25, 0.3) is 10.8 Å². The molecule has 25 heavy (non-hydrogen) atoms. The van der Waals surface area contributed by atoms with E-state index in [1.165, 1.54) is 12.1 Å². The lowest BCUT2D eigenvalue weighted by molar-refractivity contribution is -0.255. The highest BCUT2D eigenvalue weighted by Gasteiger charge is 2.30. The molecule has 8 nitrogen and oxygen atoms in total. The Balaban J connectivity index is 2.44. The summed E-state index contributed by atoms with van der Waals surface area (Å²) in [6, 6.07) is 8.09. The Morgan fingerprint density at radius 1 is 1.36 bits per heavy atom. The maximum Gasteiger partial charge on any atom is 0.275 e. The van der Waals surface area contributed by atoms with Gasteiger partial charge in [0.25, 0.3) is 5.56 Å². The van der Waals surface area contributed by atoms with Crippen molar-refractivity contribution in [2.24, 2.45) is 5.92 Å². The van der Waals surface area contributed by atoms with Gasteiger partial charge in [0.15, 0.2) is 0 Å². The van der Waals surface area contributed by atoms with Crippen LogP contribution in [0.1, 0.15) is 31.3 Å². The van der Waals surface area contributed by atoms with Gasteiger partial charge < -0.3 is 15.2 Å². The molecule has 0 fully saturated rings. The van der Waals surface area contributed by atoms with Crippen molar-refractivity contribution in [3.63, 3.8) is 0 Å². The average Bonchev–Trinajstić information content (AvgIpc) is 2.56. The number of rotatable bonds is 5. The second kappa shape index (κ2) is 6.73. The Bertz CT molecular complexity index is 942. The fraction of sp³-hybridized carbons (Fsp3) is 0.353. The third-order valence-corrected chi connectivity index (χ3v) is 4.14. The fourth-order valence-electron chi connectivity index (χ4n) is 2.26. The minimum Gasteiger partial charge on any atom is -0.543 e. The highest BCUT2D eigenvalue weighted by molar-refractivity contribution is 6.00. The van der Waals surface area contributed by atoms with Gasteiger partial charge in [-0.1, -0.05) is 32.0 Å². The quantitative estimate of drug-likeness (QED) is 0.803. The number of nitriles is 1. The van der Waals surface area contributed by atoms with Crippen LogP contribution in [0.5, 0.6) is 0 Å². The topological polar surface area (TPSA) is 128 Å². The van der Waals surface area contributed by atoms with E-state index in [-0.39, 0.29) is 16.7 Å². The standard InChI is InChI=1S/C17H18N4O4/c1-10(2)17(3,9-18)19-13(22)8-21-15(23)12-7-5-4-6-11(12)14(20-21)16(24)25/h4-7,10H,8H2,1-3H3,(H,19,22)(H,24,25)/p-1/t17-/m0/s1. The molecular formula is C17H17N4O4-. The first-order valence-corrected chi connectivity index (χ1v) is 7.63. The van der Waals surface area contributed by atoms with Gasteiger partial charge in [-0.2, -0.15) is 10.4 Å². The Morgan fingerprint density at radius 2 is 1.96 bits per heavy atom. The predicted molar refractivity (Wildman–Crippen MR) is 87.3 cm³/mol. The second-order valence-corrected chi connectivity index (χ2v) is 6.16. The number of hydrogen-bond donors (Lipinski definition) is 1. The van der Waals surface area contributed by atoms with Crippen molar-refractivity contribution >= 4 is 22.6 Å². The lowest BCUT2D eigenvalue weighted by Crippen LogP contribution is -2.50. The number of carbonyl (C=O) groups is 2. The largest absolute Gasteiger partial charge is 0.543 e. The first kappa shape index (κ1) is 18.1. The summed E-state index contributed by atoms with van der Waals surface area (Å²) < 4.78 is 0.765. The Morgan fingerprint density at radius 3 is 2.48 bits per heavy atom. The number of carboxylic acids is 1. The van der Waals surface area contributed by atoms with Crippen molar-refractivity contribution in [2.75, 3.05) is 0 Å². The molecule has 0 saturated carbocycles. The van der Waals surface area contributed by atoms with E-state index < -0.39 is 35.2 Å². The number of nitrogens with one attached hydrogen (secondary N) is 1. The van der Waals surface area contributed by atoms with Gasteiger partial charge in [0.05, 0.1) is 17.4 Å². The molecule has 1 atom stereocenters. The molecule has 8 heteroatoms. The minimum absolute atomic E-state index is 0.122. The molecule has 0 bridgehead atoms. The molecule has 0 saturated heterocycles. The number of aromatic carboxylic acids is 1. The highest BCUT2D eigenvalue weighted by atomic mass is 16.4. The van der Waals surface area contributed by atoms with E-state index >= 15 is 0 Å². The number of nitrogens with zero attached hydrogens (tertiary/aromatic N) is 3. The van der Waals surface area contributed by atoms with Crippen LogP contribution in [-0.2, 0) is 11.3 Å². The minimum atomic E-state index is -1.55. The van der Waals surface area contributed by atoms with Gasteiger partial charge in [0.2, 0.25) is 5.91 Å². The molecule has 1 aromatic carbocycles. The van der Waals surface area contributed by atoms with E-state index in [4.69, 9.17) is 0 Å². The lowest BCUT2D eigenvalue weighted by Gasteiger charge is -2.27. The first-order valence-electron chi connectivity index (χ1n) is 7.63. The molecule has 1 aromatic heterocycles. The summed E-state index contributed by atoms with van der Waals surface area (Å²) in [7, 11) is 0. The van der Waals surface area contributed by atoms with E-state index in [1.54, 1.807) is 32.9 Å². The van der Waals surface area contributed by atoms with Crippen molar-refractivity contribution in [1.29, 1.82) is 5.26 Å². The molecule has 1 heterocycles. The second-order valence-electron chi connectivity index (χ2n) is 6.16. The fourth-order valence-corrected chi connectivity index (χ4v) is 2.26. The predicted octanol–water partition coefficient (Wildman–Crippen LogP) is -0.186. The zero-order valence-corrected chi connectivity index (χ0v) is 14.1. The molecule has 0 aliphatic rings.